The maximum atomic E-state index is 2.86. The summed E-state index contributed by atoms with van der Waals surface area (Å²) in [6, 6.07) is 40.5. The maximum absolute atomic E-state index is 2.86. The fraction of sp³-hybridized carbons (Fsp3) is 0.667. The average Bonchev–Trinajstić information content (AvgIpc) is 3.45. The lowest BCUT2D eigenvalue weighted by Gasteiger charge is -2.54. The fourth-order valence-electron chi connectivity index (χ4n) is 24.4. The molecular formula is C72H100N5+5. The second-order valence-electron chi connectivity index (χ2n) is 32.0. The van der Waals surface area contributed by atoms with Crippen molar-refractivity contribution in [3.8, 4) is 0 Å². The summed E-state index contributed by atoms with van der Waals surface area (Å²) in [5, 5.41) is 11.5. The van der Waals surface area contributed by atoms with Gasteiger partial charge < -0.3 is 25.8 Å². The molecular weight excluding hydrogens is 935 g/mol. The number of hydrogen-bond donors (Lipinski definition) is 4. The van der Waals surface area contributed by atoms with Gasteiger partial charge in [-0.1, -0.05) is 72.8 Å². The van der Waals surface area contributed by atoms with Crippen LogP contribution in [-0.4, -0.2) is 26.6 Å². The van der Waals surface area contributed by atoms with Crippen molar-refractivity contribution in [1.82, 2.24) is 0 Å². The van der Waals surface area contributed by atoms with Gasteiger partial charge in [0.2, 0.25) is 0 Å². The number of hydrogen-bond acceptors (Lipinski definition) is 0. The van der Waals surface area contributed by atoms with E-state index in [0.717, 1.165) is 128 Å². The number of benzene rings is 4. The summed E-state index contributed by atoms with van der Waals surface area (Å²) in [6.07, 6.45) is 35.9. The molecule has 16 bridgehead atoms. The first-order valence-corrected chi connectivity index (χ1v) is 33.1. The van der Waals surface area contributed by atoms with Crippen LogP contribution in [0.2, 0.25) is 0 Å². The highest BCUT2D eigenvalue weighted by Crippen LogP contribution is 2.57. The Kier molecular flexibility index (Phi) is 12.5. The smallest absolute Gasteiger partial charge is 0.105 e. The fourth-order valence-corrected chi connectivity index (χ4v) is 24.4. The molecule has 20 rings (SSSR count). The largest absolute Gasteiger partial charge is 0.338 e. The predicted octanol–water partition coefficient (Wildman–Crippen LogP) is 10.7. The summed E-state index contributed by atoms with van der Waals surface area (Å²) in [4.78, 5) is 0. The number of rotatable bonds is 20. The van der Waals surface area contributed by atoms with Crippen molar-refractivity contribution in [3.05, 3.63) is 142 Å². The molecule has 16 aliphatic carbocycles. The Bertz CT molecular complexity index is 2280. The van der Waals surface area contributed by atoms with Crippen molar-refractivity contribution in [2.24, 2.45) is 71.0 Å². The first kappa shape index (κ1) is 49.5. The lowest BCUT2D eigenvalue weighted by molar-refractivity contribution is -0.978. The molecule has 0 aromatic heterocycles. The molecule has 16 aliphatic rings. The zero-order valence-corrected chi connectivity index (χ0v) is 47.5. The van der Waals surface area contributed by atoms with E-state index < -0.39 is 0 Å². The molecule has 0 amide bonds. The van der Waals surface area contributed by atoms with Crippen molar-refractivity contribution in [2.45, 2.75) is 229 Å². The minimum atomic E-state index is 0.499. The van der Waals surface area contributed by atoms with E-state index in [1.165, 1.54) is 176 Å². The van der Waals surface area contributed by atoms with Gasteiger partial charge in [0.05, 0.1) is 22.2 Å². The second kappa shape index (κ2) is 19.4. The first-order chi connectivity index (χ1) is 37.6. The molecule has 4 aromatic rings. The van der Waals surface area contributed by atoms with E-state index in [-0.39, 0.29) is 0 Å². The Hall–Kier alpha value is -3.32. The number of nitrogens with zero attached hydrogens (tertiary/aromatic N) is 1. The van der Waals surface area contributed by atoms with Crippen LogP contribution in [0.5, 0.6) is 0 Å². The third kappa shape index (κ3) is 10.2. The molecule has 77 heavy (non-hydrogen) atoms. The van der Waals surface area contributed by atoms with Crippen LogP contribution in [0.4, 0.5) is 0 Å². The molecule has 0 atom stereocenters. The normalized spacial score (nSPS) is 40.9. The number of nitrogens with two attached hydrogens (primary N) is 4. The van der Waals surface area contributed by atoms with Crippen LogP contribution in [0, 0.1) is 71.0 Å². The Morgan fingerprint density at radius 2 is 0.429 bits per heavy atom. The molecule has 408 valence electrons. The first-order valence-electron chi connectivity index (χ1n) is 33.1. The molecule has 0 radical (unpaired) electrons. The maximum Gasteiger partial charge on any atom is 0.105 e. The van der Waals surface area contributed by atoms with Crippen LogP contribution in [0.15, 0.2) is 97.1 Å². The Morgan fingerprint density at radius 1 is 0.260 bits per heavy atom. The van der Waals surface area contributed by atoms with Gasteiger partial charge in [0, 0.05) is 122 Å². The van der Waals surface area contributed by atoms with Gasteiger partial charge in [-0.3, -0.25) is 0 Å². The van der Waals surface area contributed by atoms with Crippen molar-refractivity contribution in [2.75, 3.05) is 0 Å². The highest BCUT2D eigenvalue weighted by Gasteiger charge is 2.57. The van der Waals surface area contributed by atoms with Crippen LogP contribution in [0.3, 0.4) is 0 Å². The van der Waals surface area contributed by atoms with Crippen molar-refractivity contribution in [3.63, 3.8) is 0 Å². The SMILES string of the molecule is c1cc(C[NH2+]C23CC4CC(CC(C4)C2)C3)cc(C[N+](Cc2cccc(C[NH2+]C34CC5CC(CC(C5)C3)C4)c2)(Cc2cccc(C[NH2+]C34CC5CC(CC(C5)C3)C4)c2)Cc2cccc(C[NH2+]C34CC5CC(CC(C5)C3)C4)c2)c1. The topological polar surface area (TPSA) is 66.4 Å². The van der Waals surface area contributed by atoms with Crippen LogP contribution in [0.25, 0.3) is 0 Å². The Morgan fingerprint density at radius 3 is 0.610 bits per heavy atom. The summed E-state index contributed by atoms with van der Waals surface area (Å²) < 4.78 is 1.01. The van der Waals surface area contributed by atoms with Crippen molar-refractivity contribution < 1.29 is 25.8 Å². The molecule has 5 nitrogen and oxygen atoms in total. The number of quaternary nitrogens is 5. The van der Waals surface area contributed by atoms with E-state index in [2.05, 4.69) is 118 Å². The Labute approximate surface area is 464 Å². The van der Waals surface area contributed by atoms with E-state index >= 15 is 0 Å². The third-order valence-corrected chi connectivity index (χ3v) is 25.5. The standard InChI is InChI=1S/C72H96N5/c1-5-49(41-73-69-29-57-17-58(30-69)19-59(18-57)31-69)13-53(9-1)45-77(46-54-10-2-6-50(14-54)42-74-70-32-60-20-61(33-70)22-62(21-60)34-70,47-55-11-3-7-51(15-55)43-75-71-35-63-23-64(36-71)25-65(24-63)37-71)48-56-12-4-8-52(16-56)44-76-72-38-66-26-67(39-72)28-68(27-66)40-72/h1-16,57-68,73-76H,17-48H2/q+1/p+4. The highest BCUT2D eigenvalue weighted by atomic mass is 15.3. The van der Waals surface area contributed by atoms with Gasteiger partial charge in [-0.05, 0) is 172 Å². The van der Waals surface area contributed by atoms with Gasteiger partial charge >= 0.3 is 0 Å². The van der Waals surface area contributed by atoms with E-state index in [4.69, 9.17) is 0 Å². The van der Waals surface area contributed by atoms with Gasteiger partial charge in [-0.25, -0.2) is 0 Å². The van der Waals surface area contributed by atoms with Gasteiger partial charge in [0.1, 0.15) is 52.4 Å². The second-order valence-corrected chi connectivity index (χ2v) is 32.0. The predicted molar refractivity (Wildman–Crippen MR) is 307 cm³/mol. The van der Waals surface area contributed by atoms with Gasteiger partial charge in [-0.2, -0.15) is 0 Å². The molecule has 5 heteroatoms. The minimum absolute atomic E-state index is 0.499. The van der Waals surface area contributed by atoms with E-state index in [9.17, 15) is 0 Å². The van der Waals surface area contributed by atoms with Gasteiger partial charge in [0.25, 0.3) is 0 Å². The lowest BCUT2D eigenvalue weighted by atomic mass is 9.53. The zero-order chi connectivity index (χ0) is 50.8. The molecule has 0 unspecified atom stereocenters. The summed E-state index contributed by atoms with van der Waals surface area (Å²) in [5.41, 5.74) is 14.3. The lowest BCUT2D eigenvalue weighted by Crippen LogP contribution is -2.97. The quantitative estimate of drug-likeness (QED) is 0.0638. The molecule has 8 N–H and O–H groups in total. The van der Waals surface area contributed by atoms with Gasteiger partial charge in [-0.15, -0.1) is 0 Å². The summed E-state index contributed by atoms with van der Waals surface area (Å²) >= 11 is 0. The third-order valence-electron chi connectivity index (χ3n) is 25.5. The summed E-state index contributed by atoms with van der Waals surface area (Å²) in [5.74, 6) is 12.0. The minimum Gasteiger partial charge on any atom is -0.338 e. The molecule has 0 heterocycles. The summed E-state index contributed by atoms with van der Waals surface area (Å²) in [6.45, 7) is 8.70. The molecule has 0 saturated heterocycles. The molecule has 0 spiro atoms. The van der Waals surface area contributed by atoms with E-state index in [0.29, 0.717) is 22.2 Å². The van der Waals surface area contributed by atoms with Crippen LogP contribution < -0.4 is 21.3 Å². The molecule has 16 saturated carbocycles. The Balaban J connectivity index is 0.717. The monoisotopic (exact) mass is 1030 g/mol. The van der Waals surface area contributed by atoms with Crippen molar-refractivity contribution in [1.29, 1.82) is 0 Å². The average molecular weight is 1040 g/mol. The van der Waals surface area contributed by atoms with Crippen LogP contribution >= 0.6 is 0 Å². The molecule has 16 fully saturated rings. The van der Waals surface area contributed by atoms with Gasteiger partial charge in [0.15, 0.2) is 0 Å². The summed E-state index contributed by atoms with van der Waals surface area (Å²) in [7, 11) is 0. The van der Waals surface area contributed by atoms with E-state index in [1.54, 1.807) is 22.3 Å². The molecule has 4 aromatic carbocycles. The molecule has 0 aliphatic heterocycles. The van der Waals surface area contributed by atoms with Crippen molar-refractivity contribution >= 4 is 0 Å². The van der Waals surface area contributed by atoms with Crippen LogP contribution in [0.1, 0.15) is 199 Å². The van der Waals surface area contributed by atoms with E-state index in [1.807, 2.05) is 0 Å². The zero-order valence-electron chi connectivity index (χ0n) is 47.5. The van der Waals surface area contributed by atoms with Crippen LogP contribution in [-0.2, 0) is 52.4 Å². The highest BCUT2D eigenvalue weighted by molar-refractivity contribution is 5.28.